The fourth-order valence-electron chi connectivity index (χ4n) is 1.66. The average molecular weight is 264 g/mol. The lowest BCUT2D eigenvalue weighted by molar-refractivity contribution is -0.137. The van der Waals surface area contributed by atoms with E-state index in [9.17, 15) is 9.59 Å². The molecular formula is C14H20N2O3. The van der Waals surface area contributed by atoms with Crippen LogP contribution in [0, 0.1) is 0 Å². The molecule has 1 aromatic carbocycles. The molecule has 0 fully saturated rings. The molecule has 0 atom stereocenters. The van der Waals surface area contributed by atoms with E-state index < -0.39 is 5.97 Å². The highest BCUT2D eigenvalue weighted by molar-refractivity contribution is 5.81. The number of para-hydroxylation sites is 1. The number of carbonyl (C=O) groups is 2. The van der Waals surface area contributed by atoms with Crippen molar-refractivity contribution in [2.24, 2.45) is 0 Å². The number of hydrogen-bond donors (Lipinski definition) is 1. The Balaban J connectivity index is 2.68. The smallest absolute Gasteiger partial charge is 0.303 e. The quantitative estimate of drug-likeness (QED) is 0.809. The molecule has 0 spiro atoms. The summed E-state index contributed by atoms with van der Waals surface area (Å²) in [6.07, 6.45) is 0.629. The molecule has 0 aliphatic carbocycles. The molecule has 1 N–H and O–H groups in total. The molecule has 0 heterocycles. The van der Waals surface area contributed by atoms with Crippen LogP contribution in [0.15, 0.2) is 30.3 Å². The second kappa shape index (κ2) is 7.41. The lowest BCUT2D eigenvalue weighted by Gasteiger charge is -2.25. The minimum atomic E-state index is -0.813. The minimum Gasteiger partial charge on any atom is -0.481 e. The molecule has 104 valence electrons. The molecule has 1 aromatic rings. The van der Waals surface area contributed by atoms with Gasteiger partial charge in [0, 0.05) is 32.7 Å². The van der Waals surface area contributed by atoms with Crippen LogP contribution in [0.4, 0.5) is 5.69 Å². The molecule has 0 saturated carbocycles. The zero-order valence-electron chi connectivity index (χ0n) is 11.4. The lowest BCUT2D eigenvalue weighted by atomic mass is 10.2. The van der Waals surface area contributed by atoms with Gasteiger partial charge in [0.1, 0.15) is 0 Å². The maximum Gasteiger partial charge on any atom is 0.303 e. The van der Waals surface area contributed by atoms with E-state index in [-0.39, 0.29) is 18.9 Å². The van der Waals surface area contributed by atoms with Crippen LogP contribution >= 0.6 is 0 Å². The van der Waals surface area contributed by atoms with E-state index in [0.717, 1.165) is 5.69 Å². The van der Waals surface area contributed by atoms with Crippen LogP contribution in [0.3, 0.4) is 0 Å². The van der Waals surface area contributed by atoms with Gasteiger partial charge in [-0.1, -0.05) is 18.2 Å². The van der Waals surface area contributed by atoms with Crippen molar-refractivity contribution in [2.45, 2.75) is 12.8 Å². The third kappa shape index (κ3) is 5.42. The predicted octanol–water partition coefficient (Wildman–Crippen LogP) is 1.45. The molecule has 0 unspecified atom stereocenters. The zero-order valence-corrected chi connectivity index (χ0v) is 11.4. The Labute approximate surface area is 113 Å². The van der Waals surface area contributed by atoms with Crippen molar-refractivity contribution in [3.05, 3.63) is 30.3 Å². The number of benzene rings is 1. The van der Waals surface area contributed by atoms with Crippen molar-refractivity contribution in [3.63, 3.8) is 0 Å². The van der Waals surface area contributed by atoms with Crippen molar-refractivity contribution in [1.29, 1.82) is 0 Å². The van der Waals surface area contributed by atoms with Gasteiger partial charge in [0.15, 0.2) is 0 Å². The van der Waals surface area contributed by atoms with Gasteiger partial charge in [0.25, 0.3) is 0 Å². The van der Waals surface area contributed by atoms with Crippen molar-refractivity contribution in [1.82, 2.24) is 4.90 Å². The number of carboxylic acids is 1. The van der Waals surface area contributed by atoms with E-state index in [1.807, 2.05) is 35.2 Å². The number of hydrogen-bond acceptors (Lipinski definition) is 3. The topological polar surface area (TPSA) is 60.9 Å². The Morgan fingerprint density at radius 1 is 1.16 bits per heavy atom. The highest BCUT2D eigenvalue weighted by Gasteiger charge is 2.13. The number of carboxylic acid groups (broad SMARTS) is 1. The van der Waals surface area contributed by atoms with Gasteiger partial charge >= 0.3 is 5.97 Å². The second-order valence-electron chi connectivity index (χ2n) is 4.54. The molecule has 5 heteroatoms. The van der Waals surface area contributed by atoms with Crippen LogP contribution in [-0.4, -0.2) is 49.1 Å². The molecule has 19 heavy (non-hydrogen) atoms. The van der Waals surface area contributed by atoms with Gasteiger partial charge in [-0.2, -0.15) is 0 Å². The van der Waals surface area contributed by atoms with Crippen LogP contribution in [-0.2, 0) is 9.59 Å². The van der Waals surface area contributed by atoms with E-state index in [1.54, 1.807) is 14.1 Å². The summed E-state index contributed by atoms with van der Waals surface area (Å²) in [4.78, 5) is 25.8. The predicted molar refractivity (Wildman–Crippen MR) is 74.2 cm³/mol. The summed E-state index contributed by atoms with van der Waals surface area (Å²) in [6.45, 7) is 0.812. The molecule has 0 aliphatic heterocycles. The number of carbonyl (C=O) groups excluding carboxylic acids is 1. The van der Waals surface area contributed by atoms with E-state index in [4.69, 9.17) is 5.11 Å². The third-order valence-corrected chi connectivity index (χ3v) is 2.76. The Morgan fingerprint density at radius 3 is 2.32 bits per heavy atom. The van der Waals surface area contributed by atoms with Gasteiger partial charge in [-0.3, -0.25) is 9.59 Å². The summed E-state index contributed by atoms with van der Waals surface area (Å²) >= 11 is 0. The maximum atomic E-state index is 11.8. The first-order valence-corrected chi connectivity index (χ1v) is 6.22. The fourth-order valence-corrected chi connectivity index (χ4v) is 1.66. The summed E-state index contributed by atoms with van der Waals surface area (Å²) in [5.74, 6) is -0.814. The Bertz CT molecular complexity index is 418. The number of rotatable bonds is 7. The normalized spacial score (nSPS) is 10.0. The monoisotopic (exact) mass is 264 g/mol. The van der Waals surface area contributed by atoms with Gasteiger partial charge in [-0.25, -0.2) is 0 Å². The standard InChI is InChI=1S/C14H20N2O3/c1-15(2)13(17)11-16(10-6-9-14(18)19)12-7-4-3-5-8-12/h3-5,7-8H,6,9-11H2,1-2H3,(H,18,19). The molecule has 1 amide bonds. The molecule has 0 bridgehead atoms. The summed E-state index contributed by atoms with van der Waals surface area (Å²) in [5.41, 5.74) is 0.933. The Morgan fingerprint density at radius 2 is 1.79 bits per heavy atom. The molecule has 0 radical (unpaired) electrons. The third-order valence-electron chi connectivity index (χ3n) is 2.76. The number of likely N-dealkylation sites (N-methyl/N-ethyl adjacent to an activating group) is 1. The molecule has 0 aromatic heterocycles. The van der Waals surface area contributed by atoms with E-state index in [2.05, 4.69) is 0 Å². The van der Waals surface area contributed by atoms with Crippen LogP contribution in [0.5, 0.6) is 0 Å². The van der Waals surface area contributed by atoms with Crippen LogP contribution < -0.4 is 4.90 Å². The molecular weight excluding hydrogens is 244 g/mol. The second-order valence-corrected chi connectivity index (χ2v) is 4.54. The van der Waals surface area contributed by atoms with Crippen LogP contribution in [0.1, 0.15) is 12.8 Å². The first-order chi connectivity index (χ1) is 9.00. The number of nitrogens with zero attached hydrogens (tertiary/aromatic N) is 2. The van der Waals surface area contributed by atoms with E-state index >= 15 is 0 Å². The van der Waals surface area contributed by atoms with Crippen molar-refractivity contribution < 1.29 is 14.7 Å². The van der Waals surface area contributed by atoms with Crippen LogP contribution in [0.25, 0.3) is 0 Å². The zero-order chi connectivity index (χ0) is 14.3. The first-order valence-electron chi connectivity index (χ1n) is 6.22. The molecule has 1 rings (SSSR count). The van der Waals surface area contributed by atoms with E-state index in [0.29, 0.717) is 13.0 Å². The molecule has 0 saturated heterocycles. The summed E-state index contributed by atoms with van der Waals surface area (Å²) < 4.78 is 0. The maximum absolute atomic E-state index is 11.8. The van der Waals surface area contributed by atoms with Crippen LogP contribution in [0.2, 0.25) is 0 Å². The lowest BCUT2D eigenvalue weighted by Crippen LogP contribution is -2.37. The minimum absolute atomic E-state index is 0.000761. The van der Waals surface area contributed by atoms with Gasteiger partial charge < -0.3 is 14.9 Å². The summed E-state index contributed by atoms with van der Waals surface area (Å²) in [5, 5.41) is 8.67. The van der Waals surface area contributed by atoms with Gasteiger partial charge in [0.2, 0.25) is 5.91 Å². The summed E-state index contributed by atoms with van der Waals surface area (Å²) in [6, 6.07) is 9.56. The number of anilines is 1. The van der Waals surface area contributed by atoms with Gasteiger partial charge in [-0.05, 0) is 18.6 Å². The highest BCUT2D eigenvalue weighted by atomic mass is 16.4. The summed E-state index contributed by atoms with van der Waals surface area (Å²) in [7, 11) is 3.42. The SMILES string of the molecule is CN(C)C(=O)CN(CCCC(=O)O)c1ccccc1. The van der Waals surface area contributed by atoms with Crippen molar-refractivity contribution in [3.8, 4) is 0 Å². The average Bonchev–Trinajstić information content (AvgIpc) is 2.38. The Hall–Kier alpha value is -2.04. The fraction of sp³-hybridized carbons (Fsp3) is 0.429. The highest BCUT2D eigenvalue weighted by Crippen LogP contribution is 2.14. The number of aliphatic carboxylic acids is 1. The molecule has 5 nitrogen and oxygen atoms in total. The molecule has 0 aliphatic rings. The van der Waals surface area contributed by atoms with Crippen molar-refractivity contribution >= 4 is 17.6 Å². The Kier molecular flexibility index (Phi) is 5.85. The first kappa shape index (κ1) is 15.0. The van der Waals surface area contributed by atoms with Gasteiger partial charge in [-0.15, -0.1) is 0 Å². The largest absolute Gasteiger partial charge is 0.481 e. The van der Waals surface area contributed by atoms with Gasteiger partial charge in [0.05, 0.1) is 6.54 Å². The van der Waals surface area contributed by atoms with Crippen molar-refractivity contribution in [2.75, 3.05) is 32.1 Å². The number of amides is 1. The van der Waals surface area contributed by atoms with E-state index in [1.165, 1.54) is 4.90 Å².